The van der Waals surface area contributed by atoms with Crippen molar-refractivity contribution < 1.29 is 9.47 Å². The van der Waals surface area contributed by atoms with Crippen LogP contribution in [0.5, 0.6) is 11.5 Å². The highest BCUT2D eigenvalue weighted by molar-refractivity contribution is 6.33. The van der Waals surface area contributed by atoms with E-state index in [9.17, 15) is 0 Å². The Morgan fingerprint density at radius 3 is 2.82 bits per heavy atom. The number of fused-ring (bicyclic) bond motifs is 1. The average Bonchev–Trinajstić information content (AvgIpc) is 2.75. The van der Waals surface area contributed by atoms with E-state index >= 15 is 0 Å². The Hall–Kier alpha value is -1.74. The maximum Gasteiger partial charge on any atom is 0.231 e. The molecule has 0 unspecified atom stereocenters. The molecule has 0 aliphatic carbocycles. The zero-order valence-electron chi connectivity index (χ0n) is 9.24. The van der Waals surface area contributed by atoms with Gasteiger partial charge in [0.05, 0.1) is 10.7 Å². The molecule has 0 spiro atoms. The smallest absolute Gasteiger partial charge is 0.231 e. The molecule has 1 aromatic carbocycles. The molecule has 1 aromatic heterocycles. The SMILES string of the molecule is Cc1cnc(-c2ccc3c(c2)OCO3)c(Cl)c1. The lowest BCUT2D eigenvalue weighted by Gasteiger charge is -2.05. The number of nitrogens with zero attached hydrogens (tertiary/aromatic N) is 1. The van der Waals surface area contributed by atoms with Gasteiger partial charge in [-0.15, -0.1) is 0 Å². The average molecular weight is 248 g/mol. The first-order valence-corrected chi connectivity index (χ1v) is 5.64. The minimum atomic E-state index is 0.272. The molecular weight excluding hydrogens is 238 g/mol. The van der Waals surface area contributed by atoms with E-state index in [1.165, 1.54) is 0 Å². The van der Waals surface area contributed by atoms with E-state index in [1.54, 1.807) is 6.20 Å². The van der Waals surface area contributed by atoms with Gasteiger partial charge >= 0.3 is 0 Å². The van der Waals surface area contributed by atoms with Crippen LogP contribution in [0.25, 0.3) is 11.3 Å². The fourth-order valence-electron chi connectivity index (χ4n) is 1.79. The van der Waals surface area contributed by atoms with E-state index < -0.39 is 0 Å². The zero-order valence-corrected chi connectivity index (χ0v) is 9.99. The summed E-state index contributed by atoms with van der Waals surface area (Å²) in [7, 11) is 0. The quantitative estimate of drug-likeness (QED) is 0.774. The van der Waals surface area contributed by atoms with E-state index in [2.05, 4.69) is 4.98 Å². The Morgan fingerprint density at radius 1 is 1.18 bits per heavy atom. The highest BCUT2D eigenvalue weighted by Crippen LogP contribution is 2.37. The predicted molar refractivity (Wildman–Crippen MR) is 65.5 cm³/mol. The zero-order chi connectivity index (χ0) is 11.8. The second kappa shape index (κ2) is 3.93. The maximum absolute atomic E-state index is 6.18. The molecule has 0 fully saturated rings. The number of hydrogen-bond acceptors (Lipinski definition) is 3. The first-order valence-electron chi connectivity index (χ1n) is 5.26. The van der Waals surface area contributed by atoms with Gasteiger partial charge in [0, 0.05) is 11.8 Å². The molecule has 0 saturated carbocycles. The van der Waals surface area contributed by atoms with Gasteiger partial charge in [-0.1, -0.05) is 11.6 Å². The first-order chi connectivity index (χ1) is 8.24. The monoisotopic (exact) mass is 247 g/mol. The standard InChI is InChI=1S/C13H10ClNO2/c1-8-4-10(14)13(15-6-8)9-2-3-11-12(5-9)17-7-16-11/h2-6H,7H2,1H3. The fraction of sp³-hybridized carbons (Fsp3) is 0.154. The van der Waals surface area contributed by atoms with Crippen LogP contribution in [0.3, 0.4) is 0 Å². The van der Waals surface area contributed by atoms with E-state index in [0.717, 1.165) is 28.3 Å². The third kappa shape index (κ3) is 1.83. The Labute approximate surface area is 104 Å². The van der Waals surface area contributed by atoms with Crippen LogP contribution < -0.4 is 9.47 Å². The van der Waals surface area contributed by atoms with Crippen molar-refractivity contribution in [2.24, 2.45) is 0 Å². The molecule has 0 radical (unpaired) electrons. The topological polar surface area (TPSA) is 31.4 Å². The summed E-state index contributed by atoms with van der Waals surface area (Å²) >= 11 is 6.18. The molecule has 3 rings (SSSR count). The number of pyridine rings is 1. The molecule has 4 heteroatoms. The molecule has 2 heterocycles. The summed E-state index contributed by atoms with van der Waals surface area (Å²) in [5.74, 6) is 1.50. The van der Waals surface area contributed by atoms with E-state index in [1.807, 2.05) is 31.2 Å². The highest BCUT2D eigenvalue weighted by atomic mass is 35.5. The van der Waals surface area contributed by atoms with Crippen molar-refractivity contribution in [1.82, 2.24) is 4.98 Å². The van der Waals surface area contributed by atoms with Crippen molar-refractivity contribution >= 4 is 11.6 Å². The molecule has 3 nitrogen and oxygen atoms in total. The highest BCUT2D eigenvalue weighted by Gasteiger charge is 2.15. The van der Waals surface area contributed by atoms with Gasteiger partial charge in [0.1, 0.15) is 0 Å². The van der Waals surface area contributed by atoms with Crippen LogP contribution in [0.4, 0.5) is 0 Å². The van der Waals surface area contributed by atoms with Crippen LogP contribution in [0.2, 0.25) is 5.02 Å². The fourth-order valence-corrected chi connectivity index (χ4v) is 2.12. The largest absolute Gasteiger partial charge is 0.454 e. The van der Waals surface area contributed by atoms with E-state index in [0.29, 0.717) is 5.02 Å². The van der Waals surface area contributed by atoms with Crippen molar-refractivity contribution in [3.8, 4) is 22.8 Å². The second-order valence-electron chi connectivity index (χ2n) is 3.91. The lowest BCUT2D eigenvalue weighted by molar-refractivity contribution is 0.174. The molecule has 0 bridgehead atoms. The van der Waals surface area contributed by atoms with Gasteiger partial charge in [0.15, 0.2) is 11.5 Å². The minimum Gasteiger partial charge on any atom is -0.454 e. The summed E-state index contributed by atoms with van der Waals surface area (Å²) in [5, 5.41) is 0.642. The molecule has 86 valence electrons. The normalized spacial score (nSPS) is 12.8. The summed E-state index contributed by atoms with van der Waals surface area (Å²) in [6.45, 7) is 2.23. The van der Waals surface area contributed by atoms with Crippen LogP contribution in [-0.2, 0) is 0 Å². The van der Waals surface area contributed by atoms with Gasteiger partial charge in [-0.2, -0.15) is 0 Å². The number of ether oxygens (including phenoxy) is 2. The van der Waals surface area contributed by atoms with Gasteiger partial charge in [-0.25, -0.2) is 0 Å². The minimum absolute atomic E-state index is 0.272. The summed E-state index contributed by atoms with van der Waals surface area (Å²) in [5.41, 5.74) is 2.73. The van der Waals surface area contributed by atoms with Crippen molar-refractivity contribution in [3.05, 3.63) is 41.0 Å². The third-order valence-corrected chi connectivity index (χ3v) is 2.91. The second-order valence-corrected chi connectivity index (χ2v) is 4.32. The Kier molecular flexibility index (Phi) is 2.41. The number of hydrogen-bond donors (Lipinski definition) is 0. The van der Waals surface area contributed by atoms with Crippen molar-refractivity contribution in [1.29, 1.82) is 0 Å². The Morgan fingerprint density at radius 2 is 2.00 bits per heavy atom. The van der Waals surface area contributed by atoms with Gasteiger partial charge < -0.3 is 9.47 Å². The van der Waals surface area contributed by atoms with Crippen molar-refractivity contribution in [2.45, 2.75) is 6.92 Å². The summed E-state index contributed by atoms with van der Waals surface area (Å²) in [4.78, 5) is 4.35. The molecule has 0 saturated heterocycles. The van der Waals surface area contributed by atoms with Crippen molar-refractivity contribution in [2.75, 3.05) is 6.79 Å². The number of rotatable bonds is 1. The number of halogens is 1. The molecule has 1 aliphatic heterocycles. The molecule has 0 atom stereocenters. The number of aromatic nitrogens is 1. The van der Waals surface area contributed by atoms with Gasteiger partial charge in [0.2, 0.25) is 6.79 Å². The summed E-state index contributed by atoms with van der Waals surface area (Å²) < 4.78 is 10.6. The predicted octanol–water partition coefficient (Wildman–Crippen LogP) is 3.44. The molecule has 0 N–H and O–H groups in total. The molecule has 0 amide bonds. The molecular formula is C13H10ClNO2. The van der Waals surface area contributed by atoms with Crippen LogP contribution in [0.1, 0.15) is 5.56 Å². The number of aryl methyl sites for hydroxylation is 1. The van der Waals surface area contributed by atoms with Gasteiger partial charge in [-0.3, -0.25) is 4.98 Å². The molecule has 2 aromatic rings. The van der Waals surface area contributed by atoms with Crippen LogP contribution in [0, 0.1) is 6.92 Å². The molecule has 17 heavy (non-hydrogen) atoms. The number of benzene rings is 1. The van der Waals surface area contributed by atoms with Crippen LogP contribution >= 0.6 is 11.6 Å². The lowest BCUT2D eigenvalue weighted by atomic mass is 10.1. The summed E-state index contributed by atoms with van der Waals surface area (Å²) in [6, 6.07) is 7.59. The van der Waals surface area contributed by atoms with Crippen LogP contribution in [-0.4, -0.2) is 11.8 Å². The Balaban J connectivity index is 2.09. The molecule has 1 aliphatic rings. The van der Waals surface area contributed by atoms with E-state index in [-0.39, 0.29) is 6.79 Å². The first kappa shape index (κ1) is 10.4. The van der Waals surface area contributed by atoms with Gasteiger partial charge in [0.25, 0.3) is 0 Å². The Bertz CT molecular complexity index is 584. The summed E-state index contributed by atoms with van der Waals surface area (Å²) in [6.07, 6.45) is 1.80. The third-order valence-electron chi connectivity index (χ3n) is 2.62. The van der Waals surface area contributed by atoms with E-state index in [4.69, 9.17) is 21.1 Å². The van der Waals surface area contributed by atoms with Gasteiger partial charge in [-0.05, 0) is 36.8 Å². The maximum atomic E-state index is 6.18. The van der Waals surface area contributed by atoms with Crippen molar-refractivity contribution in [3.63, 3.8) is 0 Å². The van der Waals surface area contributed by atoms with Crippen LogP contribution in [0.15, 0.2) is 30.5 Å². The lowest BCUT2D eigenvalue weighted by Crippen LogP contribution is -1.92.